The lowest BCUT2D eigenvalue weighted by Gasteiger charge is -2.26. The highest BCUT2D eigenvalue weighted by Crippen LogP contribution is 2.19. The summed E-state index contributed by atoms with van der Waals surface area (Å²) in [7, 11) is 0. The molecule has 0 aliphatic heterocycles. The van der Waals surface area contributed by atoms with Crippen LogP contribution in [0.1, 0.15) is 40.0 Å². The maximum Gasteiger partial charge on any atom is 0.221 e. The Kier molecular flexibility index (Phi) is 6.03. The van der Waals surface area contributed by atoms with Crippen molar-refractivity contribution in [3.05, 3.63) is 0 Å². The van der Waals surface area contributed by atoms with E-state index in [1.54, 1.807) is 0 Å². The Bertz CT molecular complexity index is 235. The van der Waals surface area contributed by atoms with Gasteiger partial charge < -0.3 is 11.1 Å². The minimum atomic E-state index is -0.106. The third-order valence-corrected chi connectivity index (χ3v) is 2.34. The minimum absolute atomic E-state index is 0.00875. The fourth-order valence-corrected chi connectivity index (χ4v) is 0.996. The van der Waals surface area contributed by atoms with Crippen LogP contribution < -0.4 is 11.1 Å². The molecule has 0 spiro atoms. The molecular weight excluding hydrogens is 188 g/mol. The van der Waals surface area contributed by atoms with Crippen molar-refractivity contribution < 1.29 is 4.79 Å². The van der Waals surface area contributed by atoms with Crippen LogP contribution in [0, 0.1) is 17.8 Å². The van der Waals surface area contributed by atoms with Crippen molar-refractivity contribution in [2.24, 2.45) is 11.1 Å². The van der Waals surface area contributed by atoms with Crippen molar-refractivity contribution in [1.29, 1.82) is 0 Å². The molecule has 1 atom stereocenters. The van der Waals surface area contributed by atoms with Gasteiger partial charge in [-0.15, -0.1) is 12.3 Å². The molecule has 86 valence electrons. The van der Waals surface area contributed by atoms with Gasteiger partial charge in [-0.2, -0.15) is 0 Å². The molecule has 0 aliphatic rings. The number of rotatable bonds is 5. The number of carbonyl (C=O) groups is 1. The molecule has 3 heteroatoms. The molecule has 0 aromatic carbocycles. The van der Waals surface area contributed by atoms with E-state index < -0.39 is 0 Å². The molecule has 0 bridgehead atoms. The first kappa shape index (κ1) is 14.0. The molecule has 0 radical (unpaired) electrons. The Morgan fingerprint density at radius 2 is 2.13 bits per heavy atom. The molecule has 0 heterocycles. The highest BCUT2D eigenvalue weighted by molar-refractivity contribution is 5.76. The summed E-state index contributed by atoms with van der Waals surface area (Å²) in [6.45, 7) is 6.73. The molecule has 3 N–H and O–H groups in total. The summed E-state index contributed by atoms with van der Waals surface area (Å²) in [5.74, 6) is 2.54. The van der Waals surface area contributed by atoms with E-state index in [1.807, 2.05) is 20.8 Å². The average molecular weight is 210 g/mol. The average Bonchev–Trinajstić information content (AvgIpc) is 2.11. The number of unbranched alkanes of at least 4 members (excludes halogenated alkanes) is 1. The number of nitrogens with one attached hydrogen (secondary N) is 1. The topological polar surface area (TPSA) is 55.1 Å². The first-order chi connectivity index (χ1) is 6.88. The summed E-state index contributed by atoms with van der Waals surface area (Å²) in [6, 6.07) is -0.106. The van der Waals surface area contributed by atoms with Crippen LogP contribution in [0.5, 0.6) is 0 Å². The standard InChI is InChI=1S/C12H22N2O/c1-5-6-7-8-14-11(15)9-10(13)12(2,3)4/h1,10H,6-9,13H2,2-4H3,(H,14,15). The summed E-state index contributed by atoms with van der Waals surface area (Å²) < 4.78 is 0. The van der Waals surface area contributed by atoms with Gasteiger partial charge in [0.05, 0.1) is 0 Å². The van der Waals surface area contributed by atoms with Crippen LogP contribution >= 0.6 is 0 Å². The van der Waals surface area contributed by atoms with E-state index in [4.69, 9.17) is 12.2 Å². The Morgan fingerprint density at radius 1 is 1.53 bits per heavy atom. The van der Waals surface area contributed by atoms with E-state index in [0.29, 0.717) is 19.4 Å². The lowest BCUT2D eigenvalue weighted by Crippen LogP contribution is -2.40. The second-order valence-corrected chi connectivity index (χ2v) is 4.83. The Labute approximate surface area is 92.8 Å². The number of carbonyl (C=O) groups excluding carboxylic acids is 1. The predicted molar refractivity (Wildman–Crippen MR) is 63.1 cm³/mol. The normalized spacial score (nSPS) is 13.0. The maximum absolute atomic E-state index is 11.4. The molecule has 0 aromatic heterocycles. The van der Waals surface area contributed by atoms with E-state index >= 15 is 0 Å². The van der Waals surface area contributed by atoms with E-state index in [2.05, 4.69) is 11.2 Å². The molecule has 0 fully saturated rings. The SMILES string of the molecule is C#CCCCNC(=O)CC(N)C(C)(C)C. The highest BCUT2D eigenvalue weighted by atomic mass is 16.1. The molecule has 1 unspecified atom stereocenters. The quantitative estimate of drug-likeness (QED) is 0.530. The van der Waals surface area contributed by atoms with E-state index in [9.17, 15) is 4.79 Å². The van der Waals surface area contributed by atoms with Gasteiger partial charge in [-0.05, 0) is 11.8 Å². The van der Waals surface area contributed by atoms with Gasteiger partial charge in [-0.25, -0.2) is 0 Å². The minimum Gasteiger partial charge on any atom is -0.356 e. The van der Waals surface area contributed by atoms with Gasteiger partial charge in [0.1, 0.15) is 0 Å². The van der Waals surface area contributed by atoms with Gasteiger partial charge in [-0.1, -0.05) is 20.8 Å². The lowest BCUT2D eigenvalue weighted by atomic mass is 9.85. The van der Waals surface area contributed by atoms with Crippen LogP contribution in [0.4, 0.5) is 0 Å². The fraction of sp³-hybridized carbons (Fsp3) is 0.750. The zero-order valence-corrected chi connectivity index (χ0v) is 9.97. The van der Waals surface area contributed by atoms with Gasteiger partial charge >= 0.3 is 0 Å². The van der Waals surface area contributed by atoms with Gasteiger partial charge in [0.25, 0.3) is 0 Å². The molecule has 0 aliphatic carbocycles. The molecule has 0 saturated carbocycles. The summed E-state index contributed by atoms with van der Waals surface area (Å²) in [6.07, 6.45) is 7.00. The zero-order chi connectivity index (χ0) is 11.9. The van der Waals surface area contributed by atoms with Crippen LogP contribution in [-0.2, 0) is 4.79 Å². The first-order valence-electron chi connectivity index (χ1n) is 5.33. The number of nitrogens with two attached hydrogens (primary N) is 1. The molecule has 0 aromatic rings. The fourth-order valence-electron chi connectivity index (χ4n) is 0.996. The second kappa shape index (κ2) is 6.47. The van der Waals surface area contributed by atoms with Crippen LogP contribution in [0.3, 0.4) is 0 Å². The van der Waals surface area contributed by atoms with Crippen molar-refractivity contribution in [2.75, 3.05) is 6.54 Å². The largest absolute Gasteiger partial charge is 0.356 e. The molecule has 3 nitrogen and oxygen atoms in total. The van der Waals surface area contributed by atoms with Gasteiger partial charge in [0.2, 0.25) is 5.91 Å². The van der Waals surface area contributed by atoms with Crippen LogP contribution in [0.15, 0.2) is 0 Å². The molecular formula is C12H22N2O. The third-order valence-electron chi connectivity index (χ3n) is 2.34. The smallest absolute Gasteiger partial charge is 0.221 e. The van der Waals surface area contributed by atoms with E-state index in [0.717, 1.165) is 6.42 Å². The van der Waals surface area contributed by atoms with Gasteiger partial charge in [-0.3, -0.25) is 4.79 Å². The summed E-state index contributed by atoms with van der Waals surface area (Å²) in [5, 5.41) is 2.81. The number of hydrogen-bond donors (Lipinski definition) is 2. The first-order valence-corrected chi connectivity index (χ1v) is 5.33. The predicted octanol–water partition coefficient (Wildman–Crippen LogP) is 1.28. The molecule has 0 saturated heterocycles. The summed E-state index contributed by atoms with van der Waals surface area (Å²) in [4.78, 5) is 11.4. The highest BCUT2D eigenvalue weighted by Gasteiger charge is 2.22. The molecule has 15 heavy (non-hydrogen) atoms. The number of terminal acetylenes is 1. The Hall–Kier alpha value is -1.01. The summed E-state index contributed by atoms with van der Waals surface area (Å²) >= 11 is 0. The van der Waals surface area contributed by atoms with Crippen LogP contribution in [0.25, 0.3) is 0 Å². The van der Waals surface area contributed by atoms with Crippen molar-refractivity contribution in [3.8, 4) is 12.3 Å². The van der Waals surface area contributed by atoms with Crippen molar-refractivity contribution in [3.63, 3.8) is 0 Å². The van der Waals surface area contributed by atoms with Crippen molar-refractivity contribution in [2.45, 2.75) is 46.1 Å². The Balaban J connectivity index is 3.71. The van der Waals surface area contributed by atoms with Crippen molar-refractivity contribution in [1.82, 2.24) is 5.32 Å². The summed E-state index contributed by atoms with van der Waals surface area (Å²) in [5.41, 5.74) is 5.86. The maximum atomic E-state index is 11.4. The number of hydrogen-bond acceptors (Lipinski definition) is 2. The molecule has 0 rings (SSSR count). The van der Waals surface area contributed by atoms with Crippen LogP contribution in [0.2, 0.25) is 0 Å². The van der Waals surface area contributed by atoms with Gasteiger partial charge in [0.15, 0.2) is 0 Å². The van der Waals surface area contributed by atoms with Gasteiger partial charge in [0, 0.05) is 25.4 Å². The lowest BCUT2D eigenvalue weighted by molar-refractivity contribution is -0.121. The number of amides is 1. The second-order valence-electron chi connectivity index (χ2n) is 4.83. The Morgan fingerprint density at radius 3 is 2.60 bits per heavy atom. The zero-order valence-electron chi connectivity index (χ0n) is 9.97. The van der Waals surface area contributed by atoms with Crippen LogP contribution in [-0.4, -0.2) is 18.5 Å². The van der Waals surface area contributed by atoms with E-state index in [-0.39, 0.29) is 17.4 Å². The van der Waals surface area contributed by atoms with Crippen molar-refractivity contribution >= 4 is 5.91 Å². The molecule has 1 amide bonds. The monoisotopic (exact) mass is 210 g/mol. The van der Waals surface area contributed by atoms with E-state index in [1.165, 1.54) is 0 Å². The third kappa shape index (κ3) is 6.98.